The van der Waals surface area contributed by atoms with Gasteiger partial charge in [0.05, 0.1) is 36.6 Å². The second kappa shape index (κ2) is 8.71. The lowest BCUT2D eigenvalue weighted by atomic mass is 10.1. The van der Waals surface area contributed by atoms with Crippen molar-refractivity contribution in [2.45, 2.75) is 6.54 Å². The maximum absolute atomic E-state index is 13.4. The van der Waals surface area contributed by atoms with Crippen molar-refractivity contribution in [3.8, 4) is 11.1 Å². The van der Waals surface area contributed by atoms with E-state index in [2.05, 4.69) is 20.2 Å². The van der Waals surface area contributed by atoms with Gasteiger partial charge in [-0.05, 0) is 29.8 Å². The van der Waals surface area contributed by atoms with Crippen LogP contribution in [0.5, 0.6) is 0 Å². The van der Waals surface area contributed by atoms with Crippen LogP contribution in [0.1, 0.15) is 5.56 Å². The number of nitrogens with one attached hydrogen (secondary N) is 1. The number of fused-ring (bicyclic) bond motifs is 1. The number of anilines is 1. The summed E-state index contributed by atoms with van der Waals surface area (Å²) >= 11 is 14.0. The standard InChI is InChI=1S/C23H19Cl2FN4S/c24-17-4-1-16(20(25)11-17)12-29-7-9-30(10-8-29)22-21-19(13-31-23(21)28-14-27-22)15-2-5-18(26)6-3-15/h1-6,11,13-14H,7-10,12H2/p+1. The Morgan fingerprint density at radius 1 is 1.03 bits per heavy atom. The van der Waals surface area contributed by atoms with E-state index in [1.807, 2.05) is 24.3 Å². The van der Waals surface area contributed by atoms with E-state index >= 15 is 0 Å². The average molecular weight is 474 g/mol. The first-order chi connectivity index (χ1) is 15.1. The molecule has 4 aromatic rings. The fraction of sp³-hybridized carbons (Fsp3) is 0.217. The summed E-state index contributed by atoms with van der Waals surface area (Å²) in [7, 11) is 0. The van der Waals surface area contributed by atoms with E-state index < -0.39 is 0 Å². The van der Waals surface area contributed by atoms with Crippen molar-refractivity contribution >= 4 is 50.6 Å². The minimum atomic E-state index is -0.236. The molecule has 0 unspecified atom stereocenters. The molecule has 5 rings (SSSR count). The Bertz CT molecular complexity index is 1220. The molecule has 0 saturated carbocycles. The van der Waals surface area contributed by atoms with E-state index in [0.29, 0.717) is 5.02 Å². The zero-order chi connectivity index (χ0) is 21.4. The number of benzene rings is 2. The average Bonchev–Trinajstić information content (AvgIpc) is 3.21. The van der Waals surface area contributed by atoms with Gasteiger partial charge in [0.15, 0.2) is 0 Å². The molecule has 0 atom stereocenters. The maximum Gasteiger partial charge on any atom is 0.141 e. The number of quaternary nitrogens is 1. The second-order valence-electron chi connectivity index (χ2n) is 7.68. The Morgan fingerprint density at radius 2 is 1.81 bits per heavy atom. The molecule has 2 aromatic carbocycles. The summed E-state index contributed by atoms with van der Waals surface area (Å²) in [4.78, 5) is 13.9. The first-order valence-corrected chi connectivity index (χ1v) is 11.7. The number of piperazine rings is 1. The smallest absolute Gasteiger partial charge is 0.141 e. The van der Waals surface area contributed by atoms with Crippen LogP contribution in [-0.2, 0) is 6.54 Å². The summed E-state index contributed by atoms with van der Waals surface area (Å²) < 4.78 is 13.4. The summed E-state index contributed by atoms with van der Waals surface area (Å²) in [6.07, 6.45) is 1.63. The fourth-order valence-electron chi connectivity index (χ4n) is 4.09. The number of thiophene rings is 1. The summed E-state index contributed by atoms with van der Waals surface area (Å²) in [5.74, 6) is 0.716. The van der Waals surface area contributed by atoms with Crippen LogP contribution < -0.4 is 9.80 Å². The Morgan fingerprint density at radius 3 is 2.55 bits per heavy atom. The van der Waals surface area contributed by atoms with Gasteiger partial charge in [-0.1, -0.05) is 41.4 Å². The van der Waals surface area contributed by atoms with Gasteiger partial charge in [-0.25, -0.2) is 14.4 Å². The largest absolute Gasteiger partial charge is 0.345 e. The van der Waals surface area contributed by atoms with Crippen LogP contribution in [0, 0.1) is 5.82 Å². The molecule has 0 spiro atoms. The van der Waals surface area contributed by atoms with Crippen molar-refractivity contribution in [2.75, 3.05) is 31.1 Å². The zero-order valence-electron chi connectivity index (χ0n) is 16.6. The Balaban J connectivity index is 1.37. The molecule has 1 fully saturated rings. The third kappa shape index (κ3) is 4.26. The van der Waals surface area contributed by atoms with Gasteiger partial charge >= 0.3 is 0 Å². The quantitative estimate of drug-likeness (QED) is 0.465. The predicted molar refractivity (Wildman–Crippen MR) is 126 cm³/mol. The van der Waals surface area contributed by atoms with E-state index in [0.717, 1.165) is 70.5 Å². The molecule has 4 nitrogen and oxygen atoms in total. The highest BCUT2D eigenvalue weighted by atomic mass is 35.5. The maximum atomic E-state index is 13.4. The lowest BCUT2D eigenvalue weighted by molar-refractivity contribution is -0.914. The van der Waals surface area contributed by atoms with Gasteiger partial charge in [0.25, 0.3) is 0 Å². The van der Waals surface area contributed by atoms with Gasteiger partial charge in [-0.15, -0.1) is 11.3 Å². The van der Waals surface area contributed by atoms with Crippen LogP contribution in [0.4, 0.5) is 10.2 Å². The van der Waals surface area contributed by atoms with Crippen molar-refractivity contribution in [1.29, 1.82) is 0 Å². The Labute approximate surface area is 193 Å². The molecule has 0 radical (unpaired) electrons. The lowest BCUT2D eigenvalue weighted by Crippen LogP contribution is -3.13. The van der Waals surface area contributed by atoms with Crippen molar-refractivity contribution in [2.24, 2.45) is 0 Å². The van der Waals surface area contributed by atoms with Crippen molar-refractivity contribution in [1.82, 2.24) is 9.97 Å². The lowest BCUT2D eigenvalue weighted by Gasteiger charge is -2.33. The van der Waals surface area contributed by atoms with Gasteiger partial charge in [0.2, 0.25) is 0 Å². The molecular weight excluding hydrogens is 454 g/mol. The highest BCUT2D eigenvalue weighted by molar-refractivity contribution is 7.17. The molecule has 0 aliphatic carbocycles. The van der Waals surface area contributed by atoms with Gasteiger partial charge < -0.3 is 9.80 Å². The van der Waals surface area contributed by atoms with Gasteiger partial charge in [0, 0.05) is 21.5 Å². The third-order valence-corrected chi connectivity index (χ3v) is 7.20. The zero-order valence-corrected chi connectivity index (χ0v) is 18.9. The highest BCUT2D eigenvalue weighted by Gasteiger charge is 2.25. The minimum Gasteiger partial charge on any atom is -0.345 e. The van der Waals surface area contributed by atoms with E-state index in [4.69, 9.17) is 23.2 Å². The van der Waals surface area contributed by atoms with E-state index in [9.17, 15) is 4.39 Å². The molecule has 1 aliphatic heterocycles. The topological polar surface area (TPSA) is 33.5 Å². The molecule has 1 aliphatic rings. The Hall–Kier alpha value is -2.25. The first-order valence-electron chi connectivity index (χ1n) is 10.1. The summed E-state index contributed by atoms with van der Waals surface area (Å²) in [6.45, 7) is 4.64. The SMILES string of the molecule is Fc1ccc(-c2csc3ncnc(N4CC[NH+](Cc5ccc(Cl)cc5Cl)CC4)c23)cc1. The van der Waals surface area contributed by atoms with E-state index in [-0.39, 0.29) is 5.82 Å². The van der Waals surface area contributed by atoms with Crippen molar-refractivity contribution in [3.05, 3.63) is 75.6 Å². The van der Waals surface area contributed by atoms with Crippen molar-refractivity contribution in [3.63, 3.8) is 0 Å². The molecular formula is C23H20Cl2FN4S+. The fourth-order valence-corrected chi connectivity index (χ4v) is 5.47. The summed E-state index contributed by atoms with van der Waals surface area (Å²) in [5.41, 5.74) is 3.15. The molecule has 1 N–H and O–H groups in total. The normalized spacial score (nSPS) is 15.0. The van der Waals surface area contributed by atoms with Gasteiger partial charge in [0.1, 0.15) is 29.3 Å². The van der Waals surface area contributed by atoms with Crippen LogP contribution in [0.2, 0.25) is 10.0 Å². The summed E-state index contributed by atoms with van der Waals surface area (Å²) in [5, 5.41) is 4.51. The molecule has 0 amide bonds. The second-order valence-corrected chi connectivity index (χ2v) is 9.38. The summed E-state index contributed by atoms with van der Waals surface area (Å²) in [6, 6.07) is 12.3. The van der Waals surface area contributed by atoms with E-state index in [1.165, 1.54) is 17.0 Å². The van der Waals surface area contributed by atoms with Crippen LogP contribution in [-0.4, -0.2) is 36.1 Å². The van der Waals surface area contributed by atoms with Gasteiger partial charge in [-0.3, -0.25) is 0 Å². The predicted octanol–water partition coefficient (Wildman–Crippen LogP) is 4.71. The number of halogens is 3. The number of rotatable bonds is 4. The molecule has 0 bridgehead atoms. The third-order valence-electron chi connectivity index (χ3n) is 5.73. The van der Waals surface area contributed by atoms with Crippen LogP contribution in [0.15, 0.2) is 54.2 Å². The molecule has 8 heteroatoms. The number of hydrogen-bond acceptors (Lipinski definition) is 4. The molecule has 1 saturated heterocycles. The number of nitrogens with zero attached hydrogens (tertiary/aromatic N) is 3. The minimum absolute atomic E-state index is 0.236. The van der Waals surface area contributed by atoms with Crippen LogP contribution >= 0.6 is 34.5 Å². The molecule has 158 valence electrons. The molecule has 2 aromatic heterocycles. The molecule has 3 heterocycles. The number of hydrogen-bond donors (Lipinski definition) is 1. The molecule has 31 heavy (non-hydrogen) atoms. The van der Waals surface area contributed by atoms with Gasteiger partial charge in [-0.2, -0.15) is 0 Å². The van der Waals surface area contributed by atoms with Crippen molar-refractivity contribution < 1.29 is 9.29 Å². The van der Waals surface area contributed by atoms with Crippen LogP contribution in [0.25, 0.3) is 21.3 Å². The van der Waals surface area contributed by atoms with E-state index in [1.54, 1.807) is 23.7 Å². The Kier molecular flexibility index (Phi) is 5.80. The highest BCUT2D eigenvalue weighted by Crippen LogP contribution is 2.37. The first kappa shape index (κ1) is 20.6. The van der Waals surface area contributed by atoms with Crippen LogP contribution in [0.3, 0.4) is 0 Å². The number of aromatic nitrogens is 2. The monoisotopic (exact) mass is 473 g/mol.